The van der Waals surface area contributed by atoms with Crippen molar-refractivity contribution in [3.63, 3.8) is 0 Å². The van der Waals surface area contributed by atoms with Gasteiger partial charge in [0.1, 0.15) is 5.58 Å². The van der Waals surface area contributed by atoms with Crippen LogP contribution in [0.1, 0.15) is 18.1 Å². The molecule has 0 spiro atoms. The number of anilines is 2. The van der Waals surface area contributed by atoms with E-state index in [2.05, 4.69) is 97.8 Å². The zero-order valence-corrected chi connectivity index (χ0v) is 17.3. The smallest absolute Gasteiger partial charge is 0.406 e. The van der Waals surface area contributed by atoms with E-state index >= 15 is 0 Å². The highest BCUT2D eigenvalue weighted by Crippen LogP contribution is 2.43. The lowest BCUT2D eigenvalue weighted by Crippen LogP contribution is -2.44. The van der Waals surface area contributed by atoms with Crippen LogP contribution in [0.5, 0.6) is 0 Å². The highest BCUT2D eigenvalue weighted by Gasteiger charge is 2.39. The number of hydrogen-bond donors (Lipinski definition) is 0. The third-order valence-electron chi connectivity index (χ3n) is 5.87. The van der Waals surface area contributed by atoms with Crippen molar-refractivity contribution in [2.24, 2.45) is 7.05 Å². The Kier molecular flexibility index (Phi) is 4.09. The Morgan fingerprint density at radius 3 is 2.48 bits per heavy atom. The Balaban J connectivity index is 1.75. The summed E-state index contributed by atoms with van der Waals surface area (Å²) in [6.07, 6.45) is 2.21. The van der Waals surface area contributed by atoms with Gasteiger partial charge in [-0.05, 0) is 49.0 Å². The van der Waals surface area contributed by atoms with Crippen LogP contribution >= 0.6 is 0 Å². The number of hydrogen-bond acceptors (Lipinski definition) is 2. The van der Waals surface area contributed by atoms with Crippen molar-refractivity contribution >= 4 is 35.1 Å². The molecule has 4 aromatic rings. The fourth-order valence-corrected chi connectivity index (χ4v) is 4.54. The summed E-state index contributed by atoms with van der Waals surface area (Å²) in [5.74, 6) is 4.37. The van der Waals surface area contributed by atoms with E-state index in [1.807, 2.05) is 12.1 Å². The Labute approximate surface area is 172 Å². The molecule has 5 rings (SSSR count). The maximum Gasteiger partial charge on any atom is 0.406 e. The summed E-state index contributed by atoms with van der Waals surface area (Å²) in [5.41, 5.74) is 7.13. The van der Waals surface area contributed by atoms with Gasteiger partial charge >= 0.3 is 6.85 Å². The Hall–Kier alpha value is -3.27. The van der Waals surface area contributed by atoms with Crippen LogP contribution in [-0.4, -0.2) is 6.85 Å². The summed E-state index contributed by atoms with van der Waals surface area (Å²) >= 11 is 0. The molecule has 142 valence electrons. The number of aryl methyl sites for hydroxylation is 2. The molecule has 0 atom stereocenters. The fourth-order valence-electron chi connectivity index (χ4n) is 4.54. The van der Waals surface area contributed by atoms with E-state index in [-0.39, 0.29) is 6.85 Å². The summed E-state index contributed by atoms with van der Waals surface area (Å²) in [4.78, 5) is 2.31. The van der Waals surface area contributed by atoms with Crippen molar-refractivity contribution in [3.8, 4) is 11.1 Å². The minimum Gasteiger partial charge on any atom is -0.423 e. The number of rotatable bonds is 2. The zero-order chi connectivity index (χ0) is 20.1. The van der Waals surface area contributed by atoms with Crippen LogP contribution in [0, 0.1) is 6.92 Å². The highest BCUT2D eigenvalue weighted by atomic mass is 16.4. The number of aromatic nitrogens is 1. The number of pyridine rings is 1. The summed E-state index contributed by atoms with van der Waals surface area (Å²) < 4.78 is 8.60. The van der Waals surface area contributed by atoms with Gasteiger partial charge in [-0.2, -0.15) is 0 Å². The van der Waals surface area contributed by atoms with Gasteiger partial charge in [-0.25, -0.2) is 4.57 Å². The number of para-hydroxylation sites is 1. The van der Waals surface area contributed by atoms with Crippen LogP contribution in [0.15, 0.2) is 77.3 Å². The van der Waals surface area contributed by atoms with Crippen molar-refractivity contribution < 1.29 is 8.98 Å². The molecule has 0 N–H and O–H groups in total. The van der Waals surface area contributed by atoms with Gasteiger partial charge in [0.25, 0.3) is 11.7 Å². The van der Waals surface area contributed by atoms with Gasteiger partial charge in [-0.15, -0.1) is 0 Å². The number of fused-ring (bicyclic) bond motifs is 3. The van der Waals surface area contributed by atoms with Gasteiger partial charge in [0.2, 0.25) is 0 Å². The zero-order valence-electron chi connectivity index (χ0n) is 17.3. The number of nitrogens with zero attached hydrogens (tertiary/aromatic N) is 2. The summed E-state index contributed by atoms with van der Waals surface area (Å²) in [6, 6.07) is 21.2. The number of allylic oxidation sites excluding steroid dienone is 1. The van der Waals surface area contributed by atoms with Crippen molar-refractivity contribution in [2.45, 2.75) is 20.7 Å². The molecule has 4 heteroatoms. The van der Waals surface area contributed by atoms with Crippen molar-refractivity contribution in [1.29, 1.82) is 0 Å². The average Bonchev–Trinajstić information content (AvgIpc) is 3.09. The SMILES string of the molecule is CB1C=C(C)c2c(oc3ccccc23)N1c1cc(-c2ccccc2)c(C)c[n+]1C. The van der Waals surface area contributed by atoms with Crippen LogP contribution in [0.25, 0.3) is 27.7 Å². The second-order valence-corrected chi connectivity index (χ2v) is 7.94. The second-order valence-electron chi connectivity index (χ2n) is 7.94. The molecular weight excluding hydrogens is 355 g/mol. The topological polar surface area (TPSA) is 20.3 Å². The van der Waals surface area contributed by atoms with Gasteiger partial charge in [-0.1, -0.05) is 54.5 Å². The van der Waals surface area contributed by atoms with Gasteiger partial charge in [0, 0.05) is 11.5 Å². The predicted octanol–water partition coefficient (Wildman–Crippen LogP) is 5.95. The molecule has 3 heterocycles. The predicted molar refractivity (Wildman–Crippen MR) is 121 cm³/mol. The van der Waals surface area contributed by atoms with Crippen LogP contribution in [0.2, 0.25) is 6.82 Å². The Bertz CT molecular complexity index is 1260. The molecule has 1 aliphatic rings. The van der Waals surface area contributed by atoms with E-state index in [0.29, 0.717) is 0 Å². The van der Waals surface area contributed by atoms with Gasteiger partial charge in [0.15, 0.2) is 0 Å². The molecule has 0 unspecified atom stereocenters. The highest BCUT2D eigenvalue weighted by molar-refractivity contribution is 6.70. The van der Waals surface area contributed by atoms with Crippen LogP contribution in [0.4, 0.5) is 11.7 Å². The summed E-state index contributed by atoms with van der Waals surface area (Å²) in [7, 11) is 2.11. The first-order valence-corrected chi connectivity index (χ1v) is 10.1. The first-order chi connectivity index (χ1) is 14.0. The molecule has 2 aromatic carbocycles. The number of furan rings is 1. The molecule has 0 amide bonds. The first kappa shape index (κ1) is 17.8. The Morgan fingerprint density at radius 2 is 1.69 bits per heavy atom. The molecule has 0 radical (unpaired) electrons. The average molecular weight is 379 g/mol. The molecule has 3 nitrogen and oxygen atoms in total. The van der Waals surface area contributed by atoms with E-state index in [4.69, 9.17) is 4.42 Å². The van der Waals surface area contributed by atoms with Crippen molar-refractivity contribution in [2.75, 3.05) is 4.81 Å². The van der Waals surface area contributed by atoms with E-state index in [1.165, 1.54) is 33.2 Å². The minimum atomic E-state index is 0.195. The molecular formula is C25H24BN2O+. The van der Waals surface area contributed by atoms with Crippen molar-refractivity contribution in [3.05, 3.63) is 84.0 Å². The van der Waals surface area contributed by atoms with Gasteiger partial charge in [-0.3, -0.25) is 4.81 Å². The monoisotopic (exact) mass is 379 g/mol. The lowest BCUT2D eigenvalue weighted by molar-refractivity contribution is -0.658. The third-order valence-corrected chi connectivity index (χ3v) is 5.87. The summed E-state index contributed by atoms with van der Waals surface area (Å²) in [6.45, 7) is 6.77. The maximum absolute atomic E-state index is 6.40. The second kappa shape index (κ2) is 6.66. The van der Waals surface area contributed by atoms with Crippen molar-refractivity contribution in [1.82, 2.24) is 0 Å². The van der Waals surface area contributed by atoms with Gasteiger partial charge in [0.05, 0.1) is 18.8 Å². The normalized spacial score (nSPS) is 13.6. The standard InChI is InChI=1S/C25H24BN2O/c1-17-15-26(3)28(25-24(17)20-12-8-9-13-22(20)29-25)23-14-21(18(2)16-27(23)4)19-10-6-5-7-11-19/h5-16H,1-4H3/q+1. The third kappa shape index (κ3) is 2.79. The van der Waals surface area contributed by atoms with E-state index < -0.39 is 0 Å². The lowest BCUT2D eigenvalue weighted by Gasteiger charge is -2.25. The minimum absolute atomic E-state index is 0.195. The quantitative estimate of drug-likeness (QED) is 0.317. The molecule has 1 aliphatic heterocycles. The van der Waals surface area contributed by atoms with Crippen LogP contribution in [0.3, 0.4) is 0 Å². The fraction of sp³-hybridized carbons (Fsp3) is 0.160. The molecule has 0 saturated carbocycles. The Morgan fingerprint density at radius 1 is 0.966 bits per heavy atom. The van der Waals surface area contributed by atoms with E-state index in [9.17, 15) is 0 Å². The number of benzene rings is 2. The maximum atomic E-state index is 6.40. The summed E-state index contributed by atoms with van der Waals surface area (Å²) in [5, 5.41) is 1.17. The van der Waals surface area contributed by atoms with E-state index in [1.54, 1.807) is 0 Å². The molecule has 0 bridgehead atoms. The molecule has 0 saturated heterocycles. The lowest BCUT2D eigenvalue weighted by atomic mass is 9.59. The van der Waals surface area contributed by atoms with Crippen LogP contribution < -0.4 is 9.38 Å². The molecule has 0 fully saturated rings. The molecule has 29 heavy (non-hydrogen) atoms. The largest absolute Gasteiger partial charge is 0.423 e. The van der Waals surface area contributed by atoms with E-state index in [0.717, 1.165) is 17.3 Å². The van der Waals surface area contributed by atoms with Crippen LogP contribution in [-0.2, 0) is 7.05 Å². The molecule has 2 aromatic heterocycles. The first-order valence-electron chi connectivity index (χ1n) is 10.1. The molecule has 0 aliphatic carbocycles. The van der Waals surface area contributed by atoms with Gasteiger partial charge < -0.3 is 4.42 Å².